The maximum absolute atomic E-state index is 11.2. The summed E-state index contributed by atoms with van der Waals surface area (Å²) in [5, 5.41) is 0. The summed E-state index contributed by atoms with van der Waals surface area (Å²) in [4.78, 5) is 13.7. The van der Waals surface area contributed by atoms with Crippen molar-refractivity contribution in [2.24, 2.45) is 23.3 Å². The van der Waals surface area contributed by atoms with E-state index in [1.54, 1.807) is 6.92 Å². The summed E-state index contributed by atoms with van der Waals surface area (Å²) in [5.74, 6) is 1.51. The average Bonchev–Trinajstić information content (AvgIpc) is 2.38. The summed E-state index contributed by atoms with van der Waals surface area (Å²) in [6, 6.07) is 0. The molecular weight excluding hydrogens is 238 g/mol. The van der Waals surface area contributed by atoms with E-state index in [1.807, 2.05) is 0 Å². The molecule has 0 aromatic rings. The molecule has 2 rings (SSSR count). The summed E-state index contributed by atoms with van der Waals surface area (Å²) in [5.41, 5.74) is 10.3. The van der Waals surface area contributed by atoms with E-state index in [4.69, 9.17) is 11.5 Å². The molecule has 1 aliphatic heterocycles. The maximum Gasteiger partial charge on any atom is 0.237 e. The second kappa shape index (κ2) is 6.23. The van der Waals surface area contributed by atoms with Crippen LogP contribution in [0.2, 0.25) is 0 Å². The van der Waals surface area contributed by atoms with Crippen LogP contribution < -0.4 is 11.5 Å². The van der Waals surface area contributed by atoms with Crippen LogP contribution in [-0.2, 0) is 4.79 Å². The van der Waals surface area contributed by atoms with Gasteiger partial charge in [0.2, 0.25) is 5.91 Å². The Hall–Kier alpha value is -0.610. The quantitative estimate of drug-likeness (QED) is 0.792. The van der Waals surface area contributed by atoms with Crippen LogP contribution in [0.3, 0.4) is 0 Å². The zero-order valence-electron chi connectivity index (χ0n) is 12.2. The minimum Gasteiger partial charge on any atom is -0.368 e. The number of rotatable bonds is 5. The highest BCUT2D eigenvalue weighted by Crippen LogP contribution is 2.36. The van der Waals surface area contributed by atoms with E-state index in [1.165, 1.54) is 45.2 Å². The van der Waals surface area contributed by atoms with Crippen LogP contribution >= 0.6 is 0 Å². The Bertz CT molecular complexity index is 317. The molecule has 0 aromatic carbocycles. The number of likely N-dealkylation sites (tertiary alicyclic amines) is 1. The Morgan fingerprint density at radius 1 is 1.26 bits per heavy atom. The molecule has 0 bridgehead atoms. The highest BCUT2D eigenvalue weighted by Gasteiger charge is 2.31. The van der Waals surface area contributed by atoms with E-state index >= 15 is 0 Å². The van der Waals surface area contributed by atoms with Gasteiger partial charge in [0.1, 0.15) is 0 Å². The van der Waals surface area contributed by atoms with Crippen molar-refractivity contribution in [3.05, 3.63) is 0 Å². The van der Waals surface area contributed by atoms with E-state index < -0.39 is 11.4 Å². The number of piperidine rings is 1. The van der Waals surface area contributed by atoms with Gasteiger partial charge in [-0.3, -0.25) is 4.79 Å². The number of carbonyl (C=O) groups excluding carboxylic acids is 1. The van der Waals surface area contributed by atoms with E-state index in [0.29, 0.717) is 6.42 Å². The van der Waals surface area contributed by atoms with E-state index in [0.717, 1.165) is 24.8 Å². The van der Waals surface area contributed by atoms with Crippen LogP contribution in [0.25, 0.3) is 0 Å². The maximum atomic E-state index is 11.2. The molecule has 19 heavy (non-hydrogen) atoms. The molecule has 110 valence electrons. The fourth-order valence-corrected chi connectivity index (χ4v) is 3.67. The number of hydrogen-bond acceptors (Lipinski definition) is 3. The van der Waals surface area contributed by atoms with Gasteiger partial charge >= 0.3 is 0 Å². The first-order chi connectivity index (χ1) is 8.99. The minimum atomic E-state index is -0.844. The van der Waals surface area contributed by atoms with E-state index in [2.05, 4.69) is 4.90 Å². The number of nitrogens with two attached hydrogens (primary N) is 2. The van der Waals surface area contributed by atoms with Crippen molar-refractivity contribution in [3.8, 4) is 0 Å². The first-order valence-corrected chi connectivity index (χ1v) is 7.80. The van der Waals surface area contributed by atoms with Crippen molar-refractivity contribution in [2.75, 3.05) is 19.6 Å². The predicted octanol–water partition coefficient (Wildman–Crippen LogP) is 1.48. The summed E-state index contributed by atoms with van der Waals surface area (Å²) < 4.78 is 0. The third-order valence-corrected chi connectivity index (χ3v) is 5.11. The molecule has 3 unspecified atom stereocenters. The summed E-state index contributed by atoms with van der Waals surface area (Å²) >= 11 is 0. The molecule has 2 fully saturated rings. The zero-order valence-corrected chi connectivity index (χ0v) is 12.2. The van der Waals surface area contributed by atoms with Gasteiger partial charge in [-0.1, -0.05) is 19.3 Å². The fourth-order valence-electron chi connectivity index (χ4n) is 3.67. The summed E-state index contributed by atoms with van der Waals surface area (Å²) in [7, 11) is 0. The van der Waals surface area contributed by atoms with Gasteiger partial charge in [0, 0.05) is 6.54 Å². The summed E-state index contributed by atoms with van der Waals surface area (Å²) in [6.07, 6.45) is 8.72. The van der Waals surface area contributed by atoms with Crippen LogP contribution in [0.1, 0.15) is 51.9 Å². The number of fused-ring (bicyclic) bond motifs is 1. The topological polar surface area (TPSA) is 72.3 Å². The van der Waals surface area contributed by atoms with Gasteiger partial charge in [0.15, 0.2) is 0 Å². The van der Waals surface area contributed by atoms with Crippen molar-refractivity contribution < 1.29 is 4.79 Å². The molecule has 1 saturated carbocycles. The lowest BCUT2D eigenvalue weighted by Crippen LogP contribution is -2.50. The highest BCUT2D eigenvalue weighted by atomic mass is 16.1. The van der Waals surface area contributed by atoms with Crippen LogP contribution in [0, 0.1) is 11.8 Å². The molecule has 1 saturated heterocycles. The van der Waals surface area contributed by atoms with Crippen molar-refractivity contribution in [2.45, 2.75) is 57.4 Å². The Morgan fingerprint density at radius 2 is 1.95 bits per heavy atom. The lowest BCUT2D eigenvalue weighted by molar-refractivity contribution is -0.122. The van der Waals surface area contributed by atoms with Gasteiger partial charge in [-0.15, -0.1) is 0 Å². The SMILES string of the molecule is CC(N)(CCCN1CCC2CCCCC2C1)C(N)=O. The van der Waals surface area contributed by atoms with Crippen LogP contribution in [0.15, 0.2) is 0 Å². The molecule has 0 radical (unpaired) electrons. The minimum absolute atomic E-state index is 0.390. The van der Waals surface area contributed by atoms with Crippen LogP contribution in [0.4, 0.5) is 0 Å². The third kappa shape index (κ3) is 3.93. The van der Waals surface area contributed by atoms with Crippen LogP contribution in [-0.4, -0.2) is 36.0 Å². The lowest BCUT2D eigenvalue weighted by atomic mass is 9.75. The van der Waals surface area contributed by atoms with Crippen molar-refractivity contribution in [1.29, 1.82) is 0 Å². The Morgan fingerprint density at radius 3 is 2.63 bits per heavy atom. The monoisotopic (exact) mass is 267 g/mol. The average molecular weight is 267 g/mol. The molecule has 1 amide bonds. The highest BCUT2D eigenvalue weighted by molar-refractivity contribution is 5.83. The smallest absolute Gasteiger partial charge is 0.237 e. The van der Waals surface area contributed by atoms with Gasteiger partial charge in [-0.25, -0.2) is 0 Å². The first-order valence-electron chi connectivity index (χ1n) is 7.80. The van der Waals surface area contributed by atoms with Gasteiger partial charge in [-0.05, 0) is 57.5 Å². The van der Waals surface area contributed by atoms with Crippen molar-refractivity contribution in [3.63, 3.8) is 0 Å². The van der Waals surface area contributed by atoms with Crippen LogP contribution in [0.5, 0.6) is 0 Å². The predicted molar refractivity (Wildman–Crippen MR) is 77.5 cm³/mol. The second-order valence-electron chi connectivity index (χ2n) is 6.78. The molecule has 2 aliphatic rings. The van der Waals surface area contributed by atoms with Crippen molar-refractivity contribution >= 4 is 5.91 Å². The molecule has 4 heteroatoms. The van der Waals surface area contributed by atoms with Gasteiger partial charge in [0.05, 0.1) is 5.54 Å². The molecule has 1 aliphatic carbocycles. The normalized spacial score (nSPS) is 31.5. The van der Waals surface area contributed by atoms with Gasteiger partial charge in [-0.2, -0.15) is 0 Å². The molecule has 4 N–H and O–H groups in total. The number of carbonyl (C=O) groups is 1. The zero-order chi connectivity index (χ0) is 13.9. The van der Waals surface area contributed by atoms with Gasteiger partial charge < -0.3 is 16.4 Å². The largest absolute Gasteiger partial charge is 0.368 e. The first kappa shape index (κ1) is 14.8. The molecule has 0 spiro atoms. The standard InChI is InChI=1S/C15H29N3O/c1-15(17,14(16)19)8-4-9-18-10-7-12-5-2-3-6-13(12)11-18/h12-13H,2-11,17H2,1H3,(H2,16,19). The van der Waals surface area contributed by atoms with E-state index in [9.17, 15) is 4.79 Å². The molecule has 3 atom stereocenters. The number of primary amides is 1. The Balaban J connectivity index is 1.71. The number of nitrogens with zero attached hydrogens (tertiary/aromatic N) is 1. The molecule has 1 heterocycles. The molecule has 4 nitrogen and oxygen atoms in total. The van der Waals surface area contributed by atoms with E-state index in [-0.39, 0.29) is 0 Å². The summed E-state index contributed by atoms with van der Waals surface area (Å²) in [6.45, 7) is 5.27. The molecular formula is C15H29N3O. The number of amides is 1. The van der Waals surface area contributed by atoms with Crippen molar-refractivity contribution in [1.82, 2.24) is 4.90 Å². The second-order valence-corrected chi connectivity index (χ2v) is 6.78. The third-order valence-electron chi connectivity index (χ3n) is 5.11. The fraction of sp³-hybridized carbons (Fsp3) is 0.933. The molecule has 0 aromatic heterocycles. The Kier molecular flexibility index (Phi) is 4.85. The number of hydrogen-bond donors (Lipinski definition) is 2. The lowest BCUT2D eigenvalue weighted by Gasteiger charge is -2.41. The van der Waals surface area contributed by atoms with Gasteiger partial charge in [0.25, 0.3) is 0 Å². The Labute approximate surface area is 116 Å².